The van der Waals surface area contributed by atoms with E-state index in [4.69, 9.17) is 23.8 Å². The van der Waals surface area contributed by atoms with Crippen LogP contribution in [0.25, 0.3) is 22.3 Å². The normalized spacial score (nSPS) is 20.1. The number of pyridine rings is 1. The molecule has 248 valence electrons. The van der Waals surface area contributed by atoms with Gasteiger partial charge in [-0.25, -0.2) is 14.2 Å². The average Bonchev–Trinajstić information content (AvgIpc) is 3.40. The minimum Gasteiger partial charge on any atom is -0.444 e. The topological polar surface area (TPSA) is 104 Å². The number of aromatic nitrogens is 2. The van der Waals surface area contributed by atoms with E-state index >= 15 is 0 Å². The van der Waals surface area contributed by atoms with Crippen LogP contribution < -0.4 is 10.8 Å². The summed E-state index contributed by atoms with van der Waals surface area (Å²) in [4.78, 5) is 33.1. The quantitative estimate of drug-likeness (QED) is 0.328. The number of amides is 1. The molecule has 0 bridgehead atoms. The number of alkyl carbamates (subject to hydrolysis) is 1. The van der Waals surface area contributed by atoms with Crippen molar-refractivity contribution < 1.29 is 28.4 Å². The fourth-order valence-corrected chi connectivity index (χ4v) is 5.81. The first-order chi connectivity index (χ1) is 21.3. The van der Waals surface area contributed by atoms with Gasteiger partial charge in [0, 0.05) is 30.7 Å². The van der Waals surface area contributed by atoms with Crippen LogP contribution in [-0.4, -0.2) is 75.3 Å². The largest absolute Gasteiger partial charge is 0.494 e. The van der Waals surface area contributed by atoms with E-state index in [2.05, 4.69) is 10.2 Å². The Hall–Kier alpha value is -3.41. The van der Waals surface area contributed by atoms with Crippen LogP contribution in [-0.2, 0) is 25.3 Å². The van der Waals surface area contributed by atoms with Gasteiger partial charge in [-0.05, 0) is 124 Å². The number of carbonyl (C=O) groups excluding carboxylic acids is 2. The molecule has 1 N–H and O–H groups in total. The van der Waals surface area contributed by atoms with E-state index in [-0.39, 0.29) is 12.1 Å². The lowest BCUT2D eigenvalue weighted by molar-refractivity contribution is 0.00578. The Kier molecular flexibility index (Phi) is 9.09. The minimum absolute atomic E-state index is 0.0118. The van der Waals surface area contributed by atoms with E-state index in [0.29, 0.717) is 23.4 Å². The van der Waals surface area contributed by atoms with Crippen molar-refractivity contribution in [3.05, 3.63) is 48.2 Å². The van der Waals surface area contributed by atoms with Crippen molar-refractivity contribution in [2.75, 3.05) is 13.1 Å². The van der Waals surface area contributed by atoms with Gasteiger partial charge in [-0.3, -0.25) is 9.88 Å². The van der Waals surface area contributed by atoms with E-state index in [1.807, 2.05) is 106 Å². The molecule has 0 aliphatic carbocycles. The summed E-state index contributed by atoms with van der Waals surface area (Å²) >= 11 is 0. The van der Waals surface area contributed by atoms with E-state index in [0.717, 1.165) is 42.3 Å². The first kappa shape index (κ1) is 33.9. The number of nitrogens with zero attached hydrogens (tertiary/aromatic N) is 3. The van der Waals surface area contributed by atoms with Crippen LogP contribution in [0.4, 0.5) is 9.59 Å². The third-order valence-corrected chi connectivity index (χ3v) is 8.65. The molecule has 2 fully saturated rings. The Morgan fingerprint density at radius 3 is 2.30 bits per heavy atom. The Bertz CT molecular complexity index is 1590. The predicted octanol–water partition coefficient (Wildman–Crippen LogP) is 6.27. The number of carbonyl (C=O) groups is 2. The number of piperidine rings is 1. The Labute approximate surface area is 273 Å². The number of hydrogen-bond donors (Lipinski definition) is 1. The smallest absolute Gasteiger partial charge is 0.444 e. The standard InChI is InChI=1S/C35H49BN4O6/c1-32(2,3)43-30(41)38-26-12-11-17-39(22-26)21-23-15-16-37-27(18-23)29-20-24-19-25(36-45-34(7,8)35(9,10)46-36)13-14-28(24)40(29)31(42)44-33(4,5)6/h13-16,18-20,26H,11-12,17,21-22H2,1-10H3,(H,38,41)/t26-/m1/s1. The van der Waals surface area contributed by atoms with Gasteiger partial charge in [0.1, 0.15) is 11.2 Å². The first-order valence-electron chi connectivity index (χ1n) is 16.2. The summed E-state index contributed by atoms with van der Waals surface area (Å²) in [7, 11) is -0.526. The third-order valence-electron chi connectivity index (χ3n) is 8.65. The van der Waals surface area contributed by atoms with E-state index in [9.17, 15) is 9.59 Å². The van der Waals surface area contributed by atoms with Crippen LogP contribution in [0.15, 0.2) is 42.6 Å². The number of hydrogen-bond acceptors (Lipinski definition) is 8. The highest BCUT2D eigenvalue weighted by atomic mass is 16.7. The van der Waals surface area contributed by atoms with E-state index in [1.165, 1.54) is 0 Å². The number of benzene rings is 1. The van der Waals surface area contributed by atoms with Crippen molar-refractivity contribution in [3.8, 4) is 11.4 Å². The molecule has 2 aliphatic rings. The molecular formula is C35H49BN4O6. The molecule has 2 aliphatic heterocycles. The predicted molar refractivity (Wildman–Crippen MR) is 180 cm³/mol. The average molecular weight is 633 g/mol. The van der Waals surface area contributed by atoms with Gasteiger partial charge in [0.05, 0.1) is 28.1 Å². The lowest BCUT2D eigenvalue weighted by Crippen LogP contribution is -2.48. The van der Waals surface area contributed by atoms with Gasteiger partial charge in [-0.2, -0.15) is 0 Å². The maximum Gasteiger partial charge on any atom is 0.494 e. The van der Waals surface area contributed by atoms with Crippen molar-refractivity contribution in [1.82, 2.24) is 19.8 Å². The van der Waals surface area contributed by atoms with Gasteiger partial charge in [-0.1, -0.05) is 12.1 Å². The van der Waals surface area contributed by atoms with Gasteiger partial charge in [-0.15, -0.1) is 0 Å². The number of ether oxygens (including phenoxy) is 2. The fraction of sp³-hybridized carbons (Fsp3) is 0.571. The van der Waals surface area contributed by atoms with Crippen LogP contribution in [0.1, 0.15) is 87.6 Å². The zero-order valence-electron chi connectivity index (χ0n) is 29.0. The molecule has 2 aromatic heterocycles. The molecule has 3 aromatic rings. The highest BCUT2D eigenvalue weighted by Gasteiger charge is 2.51. The minimum atomic E-state index is -0.680. The molecule has 4 heterocycles. The first-order valence-corrected chi connectivity index (χ1v) is 16.2. The van der Waals surface area contributed by atoms with E-state index < -0.39 is 35.6 Å². The van der Waals surface area contributed by atoms with Crippen molar-refractivity contribution in [2.24, 2.45) is 0 Å². The van der Waals surface area contributed by atoms with Crippen LogP contribution in [0, 0.1) is 0 Å². The lowest BCUT2D eigenvalue weighted by atomic mass is 9.78. The molecule has 11 heteroatoms. The molecule has 0 radical (unpaired) electrons. The molecule has 2 saturated heterocycles. The molecule has 0 spiro atoms. The van der Waals surface area contributed by atoms with Crippen LogP contribution in [0.5, 0.6) is 0 Å². The second-order valence-electron chi connectivity index (χ2n) is 15.5. The summed E-state index contributed by atoms with van der Waals surface area (Å²) in [6.07, 6.45) is 2.79. The number of rotatable bonds is 5. The van der Waals surface area contributed by atoms with Gasteiger partial charge in [0.15, 0.2) is 0 Å². The Balaban J connectivity index is 1.42. The molecular weight excluding hydrogens is 583 g/mol. The Morgan fingerprint density at radius 2 is 1.65 bits per heavy atom. The zero-order valence-corrected chi connectivity index (χ0v) is 29.0. The number of fused-ring (bicyclic) bond motifs is 1. The van der Waals surface area contributed by atoms with Crippen LogP contribution in [0.3, 0.4) is 0 Å². The van der Waals surface area contributed by atoms with Gasteiger partial charge >= 0.3 is 19.3 Å². The maximum absolute atomic E-state index is 13.7. The summed E-state index contributed by atoms with van der Waals surface area (Å²) in [5.74, 6) is 0. The molecule has 1 aromatic carbocycles. The molecule has 5 rings (SSSR count). The molecule has 1 atom stereocenters. The molecule has 46 heavy (non-hydrogen) atoms. The summed E-state index contributed by atoms with van der Waals surface area (Å²) in [5, 5.41) is 3.88. The van der Waals surface area contributed by atoms with E-state index in [1.54, 1.807) is 10.8 Å². The molecule has 10 nitrogen and oxygen atoms in total. The van der Waals surface area contributed by atoms with Crippen molar-refractivity contribution in [1.29, 1.82) is 0 Å². The van der Waals surface area contributed by atoms with Gasteiger partial charge in [0.25, 0.3) is 0 Å². The van der Waals surface area contributed by atoms with Crippen LogP contribution in [0.2, 0.25) is 0 Å². The summed E-state index contributed by atoms with van der Waals surface area (Å²) in [6.45, 7) is 21.6. The SMILES string of the molecule is CC(C)(C)OC(=O)N[C@@H]1CCCN(Cc2ccnc(-c3cc4cc(B5OC(C)(C)C(C)(C)O5)ccc4n3C(=O)OC(C)(C)C)c2)C1. The molecule has 0 unspecified atom stereocenters. The fourth-order valence-electron chi connectivity index (χ4n) is 5.81. The number of likely N-dealkylation sites (tertiary alicyclic amines) is 1. The van der Waals surface area contributed by atoms with Crippen molar-refractivity contribution >= 4 is 35.7 Å². The second kappa shape index (κ2) is 12.3. The number of nitrogens with one attached hydrogen (secondary N) is 1. The highest BCUT2D eigenvalue weighted by molar-refractivity contribution is 6.62. The molecule has 0 saturated carbocycles. The van der Waals surface area contributed by atoms with Gasteiger partial charge < -0.3 is 24.1 Å². The lowest BCUT2D eigenvalue weighted by Gasteiger charge is -2.33. The highest BCUT2D eigenvalue weighted by Crippen LogP contribution is 2.37. The van der Waals surface area contributed by atoms with Gasteiger partial charge in [0.2, 0.25) is 0 Å². The maximum atomic E-state index is 13.7. The molecule has 1 amide bonds. The van der Waals surface area contributed by atoms with Crippen LogP contribution >= 0.6 is 0 Å². The van der Waals surface area contributed by atoms with Crippen molar-refractivity contribution in [3.63, 3.8) is 0 Å². The second-order valence-corrected chi connectivity index (χ2v) is 15.5. The summed E-state index contributed by atoms with van der Waals surface area (Å²) in [6, 6.07) is 11.9. The monoisotopic (exact) mass is 632 g/mol. The third kappa shape index (κ3) is 7.75. The zero-order chi connectivity index (χ0) is 33.7. The Morgan fingerprint density at radius 1 is 0.978 bits per heavy atom. The summed E-state index contributed by atoms with van der Waals surface area (Å²) in [5.41, 5.74) is 1.79. The van der Waals surface area contributed by atoms with Crippen molar-refractivity contribution in [2.45, 2.75) is 117 Å². The summed E-state index contributed by atoms with van der Waals surface area (Å²) < 4.78 is 25.5.